The fourth-order valence-corrected chi connectivity index (χ4v) is 3.62. The maximum absolute atomic E-state index is 12.6. The van der Waals surface area contributed by atoms with Crippen LogP contribution in [0.3, 0.4) is 0 Å². The second kappa shape index (κ2) is 7.83. The number of H-pyrrole nitrogens is 1. The Kier molecular flexibility index (Phi) is 5.48. The van der Waals surface area contributed by atoms with Gasteiger partial charge in [0.05, 0.1) is 12.8 Å². The number of anilines is 1. The Bertz CT molecular complexity index is 1090. The van der Waals surface area contributed by atoms with Gasteiger partial charge in [-0.25, -0.2) is 12.7 Å². The second-order valence-corrected chi connectivity index (χ2v) is 8.26. The molecule has 146 valence electrons. The summed E-state index contributed by atoms with van der Waals surface area (Å²) in [5.41, 5.74) is 1.89. The van der Waals surface area contributed by atoms with E-state index in [9.17, 15) is 13.2 Å². The molecule has 1 aromatic heterocycles. The van der Waals surface area contributed by atoms with Crippen LogP contribution in [-0.4, -0.2) is 50.0 Å². The molecule has 0 atom stereocenters. The van der Waals surface area contributed by atoms with Crippen LogP contribution in [0.5, 0.6) is 5.75 Å². The molecule has 0 radical (unpaired) electrons. The number of aromatic nitrogens is 2. The van der Waals surface area contributed by atoms with Crippen LogP contribution < -0.4 is 10.1 Å². The zero-order valence-corrected chi connectivity index (χ0v) is 16.4. The van der Waals surface area contributed by atoms with Gasteiger partial charge in [0.15, 0.2) is 0 Å². The average molecular weight is 400 g/mol. The highest BCUT2D eigenvalue weighted by atomic mass is 32.2. The summed E-state index contributed by atoms with van der Waals surface area (Å²) in [7, 11) is 0.591. The van der Waals surface area contributed by atoms with Gasteiger partial charge in [-0.05, 0) is 36.4 Å². The first-order chi connectivity index (χ1) is 13.3. The van der Waals surface area contributed by atoms with Crippen molar-refractivity contribution in [2.75, 3.05) is 26.5 Å². The molecular formula is C19H20N4O4S. The number of amides is 1. The van der Waals surface area contributed by atoms with Gasteiger partial charge >= 0.3 is 0 Å². The molecule has 0 aliphatic heterocycles. The molecule has 2 N–H and O–H groups in total. The SMILES string of the molecule is COc1ccc(-c2cc(C(=O)Nc3ccccc3)[nH]n2)cc1S(=O)(=O)N(C)C. The lowest BCUT2D eigenvalue weighted by Gasteiger charge is -2.15. The van der Waals surface area contributed by atoms with Crippen molar-refractivity contribution in [3.05, 3.63) is 60.3 Å². The van der Waals surface area contributed by atoms with E-state index in [1.165, 1.54) is 27.3 Å². The van der Waals surface area contributed by atoms with Crippen molar-refractivity contribution < 1.29 is 17.9 Å². The summed E-state index contributed by atoms with van der Waals surface area (Å²) in [5, 5.41) is 9.58. The van der Waals surface area contributed by atoms with Gasteiger partial charge in [0.25, 0.3) is 5.91 Å². The van der Waals surface area contributed by atoms with Gasteiger partial charge in [-0.1, -0.05) is 18.2 Å². The number of hydrogen-bond donors (Lipinski definition) is 2. The van der Waals surface area contributed by atoms with E-state index >= 15 is 0 Å². The third kappa shape index (κ3) is 3.90. The number of carbonyl (C=O) groups excluding carboxylic acids is 1. The lowest BCUT2D eigenvalue weighted by atomic mass is 10.1. The van der Waals surface area contributed by atoms with Gasteiger partial charge in [0, 0.05) is 25.3 Å². The Morgan fingerprint density at radius 2 is 1.82 bits per heavy atom. The number of ether oxygens (including phenoxy) is 1. The molecule has 0 unspecified atom stereocenters. The molecular weight excluding hydrogens is 380 g/mol. The number of para-hydroxylation sites is 1. The minimum atomic E-state index is -3.71. The topological polar surface area (TPSA) is 104 Å². The monoisotopic (exact) mass is 400 g/mol. The molecule has 0 bridgehead atoms. The first kappa shape index (κ1) is 19.6. The molecule has 0 aliphatic carbocycles. The first-order valence-corrected chi connectivity index (χ1v) is 9.79. The highest BCUT2D eigenvalue weighted by Gasteiger charge is 2.23. The van der Waals surface area contributed by atoms with E-state index in [2.05, 4.69) is 15.5 Å². The Balaban J connectivity index is 1.92. The van der Waals surface area contributed by atoms with Crippen LogP contribution in [0.25, 0.3) is 11.3 Å². The number of benzene rings is 2. The maximum Gasteiger partial charge on any atom is 0.273 e. The summed E-state index contributed by atoms with van der Waals surface area (Å²) < 4.78 is 31.4. The summed E-state index contributed by atoms with van der Waals surface area (Å²) in [6.07, 6.45) is 0. The lowest BCUT2D eigenvalue weighted by molar-refractivity contribution is 0.102. The Labute approximate surface area is 163 Å². The van der Waals surface area contributed by atoms with Gasteiger partial charge in [-0.2, -0.15) is 5.10 Å². The normalized spacial score (nSPS) is 11.4. The summed E-state index contributed by atoms with van der Waals surface area (Å²) >= 11 is 0. The van der Waals surface area contributed by atoms with Crippen LogP contribution in [0, 0.1) is 0 Å². The smallest absolute Gasteiger partial charge is 0.273 e. The molecule has 0 aliphatic rings. The molecule has 3 rings (SSSR count). The zero-order valence-electron chi connectivity index (χ0n) is 15.6. The lowest BCUT2D eigenvalue weighted by Crippen LogP contribution is -2.22. The third-order valence-corrected chi connectivity index (χ3v) is 5.91. The van der Waals surface area contributed by atoms with Gasteiger partial charge in [0.1, 0.15) is 16.3 Å². The van der Waals surface area contributed by atoms with E-state index in [1.807, 2.05) is 18.2 Å². The summed E-state index contributed by atoms with van der Waals surface area (Å²) in [6, 6.07) is 15.3. The van der Waals surface area contributed by atoms with Crippen LogP contribution in [0.15, 0.2) is 59.5 Å². The molecule has 28 heavy (non-hydrogen) atoms. The Hall–Kier alpha value is -3.17. The van der Waals surface area contributed by atoms with E-state index in [-0.39, 0.29) is 22.2 Å². The van der Waals surface area contributed by atoms with Crippen molar-refractivity contribution >= 4 is 21.6 Å². The van der Waals surface area contributed by atoms with E-state index in [0.717, 1.165) is 4.31 Å². The van der Waals surface area contributed by atoms with E-state index < -0.39 is 10.0 Å². The minimum absolute atomic E-state index is 0.0239. The predicted octanol–water partition coefficient (Wildman–Crippen LogP) is 2.59. The fraction of sp³-hybridized carbons (Fsp3) is 0.158. The standard InChI is InChI=1S/C19H20N4O4S/c1-23(2)28(25,26)18-11-13(9-10-17(18)27-3)15-12-16(22-21-15)19(24)20-14-7-5-4-6-8-14/h4-12H,1-3H3,(H,20,24)(H,21,22). The van der Waals surface area contributed by atoms with Crippen LogP contribution in [-0.2, 0) is 10.0 Å². The molecule has 3 aromatic rings. The molecule has 1 heterocycles. The van der Waals surface area contributed by atoms with Crippen LogP contribution in [0.1, 0.15) is 10.5 Å². The quantitative estimate of drug-likeness (QED) is 0.662. The fourth-order valence-electron chi connectivity index (χ4n) is 2.54. The minimum Gasteiger partial charge on any atom is -0.495 e. The predicted molar refractivity (Wildman–Crippen MR) is 106 cm³/mol. The molecule has 9 heteroatoms. The van der Waals surface area contributed by atoms with E-state index in [4.69, 9.17) is 4.74 Å². The third-order valence-electron chi connectivity index (χ3n) is 4.07. The number of sulfonamides is 1. The van der Waals surface area contributed by atoms with Gasteiger partial charge in [-0.15, -0.1) is 0 Å². The number of methoxy groups -OCH3 is 1. The Morgan fingerprint density at radius 1 is 1.11 bits per heavy atom. The number of carbonyl (C=O) groups is 1. The average Bonchev–Trinajstić information content (AvgIpc) is 3.18. The molecule has 8 nitrogen and oxygen atoms in total. The highest BCUT2D eigenvalue weighted by molar-refractivity contribution is 7.89. The van der Waals surface area contributed by atoms with Crippen molar-refractivity contribution in [3.8, 4) is 17.0 Å². The molecule has 0 spiro atoms. The number of hydrogen-bond acceptors (Lipinski definition) is 5. The first-order valence-electron chi connectivity index (χ1n) is 8.35. The molecule has 1 amide bonds. The van der Waals surface area contributed by atoms with Crippen LogP contribution >= 0.6 is 0 Å². The number of rotatable bonds is 6. The largest absolute Gasteiger partial charge is 0.495 e. The van der Waals surface area contributed by atoms with Crippen molar-refractivity contribution in [2.24, 2.45) is 0 Å². The molecule has 0 fully saturated rings. The van der Waals surface area contributed by atoms with Gasteiger partial charge in [0.2, 0.25) is 10.0 Å². The molecule has 0 saturated heterocycles. The van der Waals surface area contributed by atoms with Crippen molar-refractivity contribution in [1.29, 1.82) is 0 Å². The second-order valence-electron chi connectivity index (χ2n) is 6.14. The number of nitrogens with zero attached hydrogens (tertiary/aromatic N) is 2. The van der Waals surface area contributed by atoms with E-state index in [1.54, 1.807) is 30.3 Å². The van der Waals surface area contributed by atoms with Crippen molar-refractivity contribution in [2.45, 2.75) is 4.90 Å². The van der Waals surface area contributed by atoms with Crippen molar-refractivity contribution in [3.63, 3.8) is 0 Å². The van der Waals surface area contributed by atoms with Gasteiger partial charge in [-0.3, -0.25) is 9.89 Å². The molecule has 0 saturated carbocycles. The van der Waals surface area contributed by atoms with E-state index in [0.29, 0.717) is 16.9 Å². The number of nitrogens with one attached hydrogen (secondary N) is 2. The number of aromatic amines is 1. The van der Waals surface area contributed by atoms with Gasteiger partial charge < -0.3 is 10.1 Å². The summed E-state index contributed by atoms with van der Waals surface area (Å²) in [4.78, 5) is 12.4. The molecule has 2 aromatic carbocycles. The van der Waals surface area contributed by atoms with Crippen LogP contribution in [0.4, 0.5) is 5.69 Å². The maximum atomic E-state index is 12.6. The van der Waals surface area contributed by atoms with Crippen molar-refractivity contribution in [1.82, 2.24) is 14.5 Å². The summed E-state index contributed by atoms with van der Waals surface area (Å²) in [6.45, 7) is 0. The highest BCUT2D eigenvalue weighted by Crippen LogP contribution is 2.30. The summed E-state index contributed by atoms with van der Waals surface area (Å²) in [5.74, 6) is -0.116. The van der Waals surface area contributed by atoms with Crippen LogP contribution in [0.2, 0.25) is 0 Å². The zero-order chi connectivity index (χ0) is 20.3. The Morgan fingerprint density at radius 3 is 2.46 bits per heavy atom.